The third-order valence-electron chi connectivity index (χ3n) is 4.79. The quantitative estimate of drug-likeness (QED) is 0.763. The molecule has 0 bridgehead atoms. The lowest BCUT2D eigenvalue weighted by atomic mass is 10.0. The van der Waals surface area contributed by atoms with Crippen LogP contribution in [0.15, 0.2) is 43.0 Å². The first-order chi connectivity index (χ1) is 12.2. The number of pyridine rings is 2. The van der Waals surface area contributed by atoms with Gasteiger partial charge in [0.15, 0.2) is 5.65 Å². The molecule has 3 aromatic heterocycles. The van der Waals surface area contributed by atoms with E-state index in [9.17, 15) is 0 Å². The summed E-state index contributed by atoms with van der Waals surface area (Å²) >= 11 is 0. The Morgan fingerprint density at radius 2 is 2.15 bits per heavy atom. The Kier molecular flexibility index (Phi) is 5.86. The van der Waals surface area contributed by atoms with Gasteiger partial charge < -0.3 is 5.32 Å². The van der Waals surface area contributed by atoms with E-state index in [-0.39, 0.29) is 12.4 Å². The van der Waals surface area contributed by atoms with Crippen LogP contribution in [-0.4, -0.2) is 44.3 Å². The fourth-order valence-corrected chi connectivity index (χ4v) is 3.52. The Morgan fingerprint density at radius 1 is 1.27 bits per heavy atom. The van der Waals surface area contributed by atoms with Gasteiger partial charge in [0.1, 0.15) is 0 Å². The summed E-state index contributed by atoms with van der Waals surface area (Å²) in [5.41, 5.74) is 3.45. The van der Waals surface area contributed by atoms with Crippen LogP contribution in [0.3, 0.4) is 0 Å². The van der Waals surface area contributed by atoms with Gasteiger partial charge in [0.25, 0.3) is 0 Å². The van der Waals surface area contributed by atoms with Crippen molar-refractivity contribution >= 4 is 23.4 Å². The van der Waals surface area contributed by atoms with Gasteiger partial charge in [0.05, 0.1) is 6.20 Å². The minimum atomic E-state index is 0. The standard InChI is InChI=1S/C19H24N6.ClH/c1-14(2)25-19-17(11-23-25)8-15(9-22-19)13-24-7-6-21-12-18(24)16-4-3-5-20-10-16;/h3-5,8-11,14,18,21H,6-7,12-13H2,1-2H3;1H. The molecule has 1 saturated heterocycles. The third kappa shape index (κ3) is 3.72. The van der Waals surface area contributed by atoms with E-state index in [1.165, 1.54) is 11.1 Å². The number of piperazine rings is 1. The highest BCUT2D eigenvalue weighted by Gasteiger charge is 2.24. The molecule has 7 heteroatoms. The molecule has 0 aromatic carbocycles. The molecule has 26 heavy (non-hydrogen) atoms. The number of hydrogen-bond donors (Lipinski definition) is 1. The van der Waals surface area contributed by atoms with E-state index in [4.69, 9.17) is 0 Å². The van der Waals surface area contributed by atoms with Crippen LogP contribution in [0, 0.1) is 0 Å². The van der Waals surface area contributed by atoms with Crippen molar-refractivity contribution in [2.45, 2.75) is 32.5 Å². The molecule has 3 aromatic rings. The normalized spacial score (nSPS) is 18.2. The van der Waals surface area contributed by atoms with Gasteiger partial charge in [0.2, 0.25) is 0 Å². The number of nitrogens with one attached hydrogen (secondary N) is 1. The zero-order chi connectivity index (χ0) is 17.2. The molecule has 0 amide bonds. The first kappa shape index (κ1) is 18.8. The van der Waals surface area contributed by atoms with Crippen LogP contribution in [0.5, 0.6) is 0 Å². The van der Waals surface area contributed by atoms with Gasteiger partial charge in [-0.15, -0.1) is 12.4 Å². The van der Waals surface area contributed by atoms with E-state index in [1.54, 1.807) is 0 Å². The van der Waals surface area contributed by atoms with Crippen LogP contribution in [0.4, 0.5) is 0 Å². The largest absolute Gasteiger partial charge is 0.314 e. The van der Waals surface area contributed by atoms with E-state index in [0.717, 1.165) is 37.2 Å². The second kappa shape index (κ2) is 8.12. The first-order valence-corrected chi connectivity index (χ1v) is 8.89. The van der Waals surface area contributed by atoms with E-state index in [2.05, 4.69) is 51.3 Å². The lowest BCUT2D eigenvalue weighted by Gasteiger charge is -2.36. The molecule has 1 aliphatic rings. The predicted molar refractivity (Wildman–Crippen MR) is 105 cm³/mol. The maximum absolute atomic E-state index is 4.67. The molecule has 0 aliphatic carbocycles. The van der Waals surface area contributed by atoms with Gasteiger partial charge in [-0.1, -0.05) is 6.07 Å². The van der Waals surface area contributed by atoms with Crippen molar-refractivity contribution in [3.63, 3.8) is 0 Å². The zero-order valence-electron chi connectivity index (χ0n) is 15.2. The summed E-state index contributed by atoms with van der Waals surface area (Å²) in [5, 5.41) is 9.07. The highest BCUT2D eigenvalue weighted by Crippen LogP contribution is 2.24. The van der Waals surface area contributed by atoms with E-state index in [0.29, 0.717) is 12.1 Å². The Labute approximate surface area is 160 Å². The smallest absolute Gasteiger partial charge is 0.157 e. The number of halogens is 1. The maximum Gasteiger partial charge on any atom is 0.157 e. The Bertz CT molecular complexity index is 848. The minimum absolute atomic E-state index is 0. The van der Waals surface area contributed by atoms with Crippen LogP contribution >= 0.6 is 12.4 Å². The van der Waals surface area contributed by atoms with Gasteiger partial charge in [0, 0.05) is 62.2 Å². The molecule has 0 saturated carbocycles. The molecule has 6 nitrogen and oxygen atoms in total. The molecule has 1 aliphatic heterocycles. The molecular formula is C19H25ClN6. The Hall–Kier alpha value is -2.02. The maximum atomic E-state index is 4.67. The lowest BCUT2D eigenvalue weighted by molar-refractivity contribution is 0.153. The Morgan fingerprint density at radius 3 is 2.92 bits per heavy atom. The number of fused-ring (bicyclic) bond motifs is 1. The van der Waals surface area contributed by atoms with Crippen molar-refractivity contribution in [2.24, 2.45) is 0 Å². The van der Waals surface area contributed by atoms with Crippen molar-refractivity contribution in [2.75, 3.05) is 19.6 Å². The third-order valence-corrected chi connectivity index (χ3v) is 4.79. The summed E-state index contributed by atoms with van der Waals surface area (Å²) in [6.07, 6.45) is 7.71. The van der Waals surface area contributed by atoms with Gasteiger partial charge in [-0.2, -0.15) is 5.10 Å². The van der Waals surface area contributed by atoms with Crippen LogP contribution < -0.4 is 5.32 Å². The van der Waals surface area contributed by atoms with Crippen molar-refractivity contribution in [1.82, 2.24) is 30.0 Å². The summed E-state index contributed by atoms with van der Waals surface area (Å²) in [6.45, 7) is 8.12. The molecule has 0 spiro atoms. The topological polar surface area (TPSA) is 58.9 Å². The number of aromatic nitrogens is 4. The number of hydrogen-bond acceptors (Lipinski definition) is 5. The van der Waals surface area contributed by atoms with Gasteiger partial charge >= 0.3 is 0 Å². The molecule has 1 atom stereocenters. The van der Waals surface area contributed by atoms with Crippen LogP contribution in [-0.2, 0) is 6.54 Å². The zero-order valence-corrected chi connectivity index (χ0v) is 16.0. The van der Waals surface area contributed by atoms with Gasteiger partial charge in [-0.05, 0) is 37.1 Å². The SMILES string of the molecule is CC(C)n1ncc2cc(CN3CCNCC3c3cccnc3)cnc21.Cl. The highest BCUT2D eigenvalue weighted by molar-refractivity contribution is 5.85. The van der Waals surface area contributed by atoms with Crippen molar-refractivity contribution < 1.29 is 0 Å². The lowest BCUT2D eigenvalue weighted by Crippen LogP contribution is -2.45. The first-order valence-electron chi connectivity index (χ1n) is 8.89. The van der Waals surface area contributed by atoms with Gasteiger partial charge in [-0.3, -0.25) is 9.88 Å². The van der Waals surface area contributed by atoms with Crippen molar-refractivity contribution in [3.05, 3.63) is 54.1 Å². The summed E-state index contributed by atoms with van der Waals surface area (Å²) in [5.74, 6) is 0. The number of rotatable bonds is 4. The minimum Gasteiger partial charge on any atom is -0.314 e. The molecular weight excluding hydrogens is 348 g/mol. The second-order valence-electron chi connectivity index (χ2n) is 6.92. The van der Waals surface area contributed by atoms with Crippen molar-refractivity contribution in [3.8, 4) is 0 Å². The fourth-order valence-electron chi connectivity index (χ4n) is 3.52. The molecule has 138 valence electrons. The Balaban J connectivity index is 0.00000196. The summed E-state index contributed by atoms with van der Waals surface area (Å²) in [6, 6.07) is 7.05. The molecule has 1 unspecified atom stereocenters. The fraction of sp³-hybridized carbons (Fsp3) is 0.421. The summed E-state index contributed by atoms with van der Waals surface area (Å²) in [4.78, 5) is 11.5. The monoisotopic (exact) mass is 372 g/mol. The molecule has 4 rings (SSSR count). The molecule has 1 fully saturated rings. The number of nitrogens with zero attached hydrogens (tertiary/aromatic N) is 5. The van der Waals surface area contributed by atoms with Crippen molar-refractivity contribution in [1.29, 1.82) is 0 Å². The highest BCUT2D eigenvalue weighted by atomic mass is 35.5. The molecule has 0 radical (unpaired) electrons. The average Bonchev–Trinajstić information content (AvgIpc) is 3.06. The average molecular weight is 373 g/mol. The van der Waals surface area contributed by atoms with Crippen LogP contribution in [0.25, 0.3) is 11.0 Å². The molecule has 1 N–H and O–H groups in total. The van der Waals surface area contributed by atoms with E-state index in [1.807, 2.05) is 35.5 Å². The summed E-state index contributed by atoms with van der Waals surface area (Å²) in [7, 11) is 0. The van der Waals surface area contributed by atoms with Gasteiger partial charge in [-0.25, -0.2) is 9.67 Å². The second-order valence-corrected chi connectivity index (χ2v) is 6.92. The van der Waals surface area contributed by atoms with E-state index >= 15 is 0 Å². The van der Waals surface area contributed by atoms with Crippen LogP contribution in [0.2, 0.25) is 0 Å². The molecule has 4 heterocycles. The van der Waals surface area contributed by atoms with Crippen LogP contribution in [0.1, 0.15) is 37.1 Å². The predicted octanol–water partition coefficient (Wildman–Crippen LogP) is 2.98. The van der Waals surface area contributed by atoms with E-state index < -0.39 is 0 Å². The summed E-state index contributed by atoms with van der Waals surface area (Å²) < 4.78 is 1.97.